The lowest BCUT2D eigenvalue weighted by atomic mass is 9.99. The van der Waals surface area contributed by atoms with Crippen LogP contribution < -0.4 is 0 Å². The Morgan fingerprint density at radius 3 is 2.15 bits per heavy atom. The predicted octanol–water partition coefficient (Wildman–Crippen LogP) is 2.47. The second kappa shape index (κ2) is 5.24. The molecule has 1 aliphatic heterocycles. The van der Waals surface area contributed by atoms with Crippen LogP contribution in [0.5, 0.6) is 0 Å². The third kappa shape index (κ3) is 3.42. The van der Waals surface area contributed by atoms with E-state index in [-0.39, 0.29) is 5.92 Å². The summed E-state index contributed by atoms with van der Waals surface area (Å²) >= 11 is 0. The number of carboxylic acids is 1. The molecule has 1 saturated heterocycles. The van der Waals surface area contributed by atoms with Crippen molar-refractivity contribution in [2.75, 3.05) is 0 Å². The van der Waals surface area contributed by atoms with Gasteiger partial charge in [0.05, 0.1) is 6.10 Å². The minimum absolute atomic E-state index is 0.0252. The topological polar surface area (TPSA) is 76.1 Å². The monoisotopic (exact) mass is 287 g/mol. The van der Waals surface area contributed by atoms with Gasteiger partial charge in [-0.2, -0.15) is 0 Å². The molecule has 0 aliphatic carbocycles. The van der Waals surface area contributed by atoms with Gasteiger partial charge in [-0.3, -0.25) is 4.90 Å². The molecule has 0 aromatic heterocycles. The molecule has 0 bridgehead atoms. The first-order valence-corrected chi connectivity index (χ1v) is 6.80. The standard InChI is InChI=1S/C14H25NO5/c1-8(2)10-9(11(16)17)15(14(6,7)19-10)12(18)20-13(3,4)5/h8-10H,1-7H3,(H,16,17)/t9-,10+/m0/s1. The SMILES string of the molecule is CC(C)[C@H]1OC(C)(C)N(C(=O)OC(C)(C)C)[C@@H]1C(=O)O. The third-order valence-corrected chi connectivity index (χ3v) is 3.09. The average molecular weight is 287 g/mol. The summed E-state index contributed by atoms with van der Waals surface area (Å²) in [6.45, 7) is 12.3. The number of carbonyl (C=O) groups is 2. The Labute approximate surface area is 120 Å². The maximum atomic E-state index is 12.3. The lowest BCUT2D eigenvalue weighted by Crippen LogP contribution is -2.53. The predicted molar refractivity (Wildman–Crippen MR) is 73.3 cm³/mol. The van der Waals surface area contributed by atoms with Gasteiger partial charge in [0.25, 0.3) is 0 Å². The van der Waals surface area contributed by atoms with E-state index in [4.69, 9.17) is 9.47 Å². The summed E-state index contributed by atoms with van der Waals surface area (Å²) < 4.78 is 11.1. The third-order valence-electron chi connectivity index (χ3n) is 3.09. The highest BCUT2D eigenvalue weighted by molar-refractivity contribution is 5.82. The largest absolute Gasteiger partial charge is 0.480 e. The summed E-state index contributed by atoms with van der Waals surface area (Å²) in [5.41, 5.74) is -1.70. The van der Waals surface area contributed by atoms with Crippen LogP contribution in [-0.2, 0) is 14.3 Å². The van der Waals surface area contributed by atoms with Gasteiger partial charge < -0.3 is 14.6 Å². The van der Waals surface area contributed by atoms with Crippen molar-refractivity contribution in [2.45, 2.75) is 71.9 Å². The van der Waals surface area contributed by atoms with Crippen molar-refractivity contribution in [3.05, 3.63) is 0 Å². The van der Waals surface area contributed by atoms with Crippen molar-refractivity contribution < 1.29 is 24.2 Å². The molecule has 2 atom stereocenters. The minimum atomic E-state index is -1.08. The van der Waals surface area contributed by atoms with E-state index in [0.29, 0.717) is 0 Å². The number of carbonyl (C=O) groups excluding carboxylic acids is 1. The summed E-state index contributed by atoms with van der Waals surface area (Å²) in [5, 5.41) is 9.45. The number of aliphatic carboxylic acids is 1. The van der Waals surface area contributed by atoms with E-state index in [9.17, 15) is 14.7 Å². The van der Waals surface area contributed by atoms with Gasteiger partial charge in [0.1, 0.15) is 11.3 Å². The Hall–Kier alpha value is -1.30. The number of nitrogens with zero attached hydrogens (tertiary/aromatic N) is 1. The molecule has 1 N–H and O–H groups in total. The van der Waals surface area contributed by atoms with Gasteiger partial charge in [-0.1, -0.05) is 13.8 Å². The van der Waals surface area contributed by atoms with Crippen LogP contribution in [0, 0.1) is 5.92 Å². The molecule has 0 unspecified atom stereocenters. The molecule has 6 heteroatoms. The van der Waals surface area contributed by atoms with Crippen molar-refractivity contribution in [1.82, 2.24) is 4.90 Å². The van der Waals surface area contributed by atoms with Crippen molar-refractivity contribution in [1.29, 1.82) is 0 Å². The number of rotatable bonds is 2. The quantitative estimate of drug-likeness (QED) is 0.844. The van der Waals surface area contributed by atoms with Crippen LogP contribution in [-0.4, -0.2) is 45.5 Å². The van der Waals surface area contributed by atoms with Crippen molar-refractivity contribution in [2.24, 2.45) is 5.92 Å². The number of carboxylic acid groups (broad SMARTS) is 1. The molecule has 0 aromatic carbocycles. The van der Waals surface area contributed by atoms with Crippen molar-refractivity contribution in [3.8, 4) is 0 Å². The van der Waals surface area contributed by atoms with Crippen LogP contribution >= 0.6 is 0 Å². The molecule has 1 rings (SSSR count). The van der Waals surface area contributed by atoms with E-state index in [0.717, 1.165) is 0 Å². The molecule has 0 saturated carbocycles. The lowest BCUT2D eigenvalue weighted by Gasteiger charge is -2.33. The number of amides is 1. The second-order valence-corrected chi connectivity index (χ2v) is 6.91. The highest BCUT2D eigenvalue weighted by Crippen LogP contribution is 2.36. The van der Waals surface area contributed by atoms with E-state index in [1.807, 2.05) is 13.8 Å². The van der Waals surface area contributed by atoms with E-state index >= 15 is 0 Å². The van der Waals surface area contributed by atoms with Gasteiger partial charge in [0.2, 0.25) is 0 Å². The van der Waals surface area contributed by atoms with Gasteiger partial charge in [0, 0.05) is 0 Å². The molecule has 1 heterocycles. The first kappa shape index (κ1) is 16.8. The van der Waals surface area contributed by atoms with Gasteiger partial charge >= 0.3 is 12.1 Å². The normalized spacial score (nSPS) is 25.9. The maximum absolute atomic E-state index is 12.3. The molecule has 6 nitrogen and oxygen atoms in total. The number of hydrogen-bond acceptors (Lipinski definition) is 4. The van der Waals surface area contributed by atoms with E-state index in [2.05, 4.69) is 0 Å². The van der Waals surface area contributed by atoms with Crippen molar-refractivity contribution >= 4 is 12.1 Å². The fourth-order valence-corrected chi connectivity index (χ4v) is 2.33. The lowest BCUT2D eigenvalue weighted by molar-refractivity contribution is -0.143. The Kier molecular flexibility index (Phi) is 4.39. The highest BCUT2D eigenvalue weighted by atomic mass is 16.6. The first-order valence-electron chi connectivity index (χ1n) is 6.80. The van der Waals surface area contributed by atoms with Gasteiger partial charge in [-0.25, -0.2) is 9.59 Å². The highest BCUT2D eigenvalue weighted by Gasteiger charge is 2.55. The smallest absolute Gasteiger partial charge is 0.413 e. The molecule has 0 radical (unpaired) electrons. The van der Waals surface area contributed by atoms with Gasteiger partial charge in [0.15, 0.2) is 6.04 Å². The zero-order valence-corrected chi connectivity index (χ0v) is 13.3. The Morgan fingerprint density at radius 1 is 1.30 bits per heavy atom. The molecule has 1 fully saturated rings. The second-order valence-electron chi connectivity index (χ2n) is 6.91. The van der Waals surface area contributed by atoms with Gasteiger partial charge in [-0.05, 0) is 40.5 Å². The summed E-state index contributed by atoms with van der Waals surface area (Å²) in [4.78, 5) is 25.1. The summed E-state index contributed by atoms with van der Waals surface area (Å²) in [6.07, 6.45) is -1.23. The molecule has 1 aliphatic rings. The van der Waals surface area contributed by atoms with Crippen LogP contribution in [0.4, 0.5) is 4.79 Å². The molecular weight excluding hydrogens is 262 g/mol. The zero-order valence-electron chi connectivity index (χ0n) is 13.3. The zero-order chi connectivity index (χ0) is 15.9. The summed E-state index contributed by atoms with van der Waals surface area (Å²) in [7, 11) is 0. The fraction of sp³-hybridized carbons (Fsp3) is 0.857. The Morgan fingerprint density at radius 2 is 1.80 bits per heavy atom. The van der Waals surface area contributed by atoms with E-state index < -0.39 is 35.5 Å². The van der Waals surface area contributed by atoms with Crippen LogP contribution in [0.2, 0.25) is 0 Å². The average Bonchev–Trinajstić information content (AvgIpc) is 2.47. The molecule has 20 heavy (non-hydrogen) atoms. The number of hydrogen-bond donors (Lipinski definition) is 1. The van der Waals surface area contributed by atoms with Crippen molar-refractivity contribution in [3.63, 3.8) is 0 Å². The van der Waals surface area contributed by atoms with Crippen LogP contribution in [0.3, 0.4) is 0 Å². The van der Waals surface area contributed by atoms with Crippen LogP contribution in [0.1, 0.15) is 48.5 Å². The molecule has 1 amide bonds. The summed E-state index contributed by atoms with van der Waals surface area (Å²) in [6, 6.07) is -1.04. The Balaban J connectivity index is 3.12. The number of ether oxygens (including phenoxy) is 2. The molecule has 116 valence electrons. The fourth-order valence-electron chi connectivity index (χ4n) is 2.33. The molecule has 0 aromatic rings. The summed E-state index contributed by atoms with van der Waals surface area (Å²) in [5.74, 6) is -1.11. The molecule has 0 spiro atoms. The molecular formula is C14H25NO5. The minimum Gasteiger partial charge on any atom is -0.480 e. The van der Waals surface area contributed by atoms with Crippen LogP contribution in [0.15, 0.2) is 0 Å². The van der Waals surface area contributed by atoms with E-state index in [1.165, 1.54) is 4.90 Å². The Bertz CT molecular complexity index is 397. The van der Waals surface area contributed by atoms with E-state index in [1.54, 1.807) is 34.6 Å². The van der Waals surface area contributed by atoms with Gasteiger partial charge in [-0.15, -0.1) is 0 Å². The first-order chi connectivity index (χ1) is 8.87. The maximum Gasteiger partial charge on any atom is 0.413 e. The van der Waals surface area contributed by atoms with Crippen LogP contribution in [0.25, 0.3) is 0 Å².